The summed E-state index contributed by atoms with van der Waals surface area (Å²) in [6, 6.07) is 13.7. The van der Waals surface area contributed by atoms with Gasteiger partial charge in [0.05, 0.1) is 28.5 Å². The Bertz CT molecular complexity index is 1570. The van der Waals surface area contributed by atoms with Gasteiger partial charge in [-0.1, -0.05) is 29.5 Å². The van der Waals surface area contributed by atoms with Crippen LogP contribution in [0, 0.1) is 6.92 Å². The molecule has 3 heterocycles. The van der Waals surface area contributed by atoms with E-state index in [9.17, 15) is 9.59 Å². The Morgan fingerprint density at radius 1 is 1.13 bits per heavy atom. The highest BCUT2D eigenvalue weighted by Gasteiger charge is 2.33. The third-order valence-electron chi connectivity index (χ3n) is 7.21. The van der Waals surface area contributed by atoms with Crippen LogP contribution < -0.4 is 24.7 Å². The first kappa shape index (κ1) is 26.0. The van der Waals surface area contributed by atoms with Gasteiger partial charge >= 0.3 is 5.97 Å². The Morgan fingerprint density at radius 2 is 1.84 bits per heavy atom. The average molecular weight is 531 g/mol. The van der Waals surface area contributed by atoms with Gasteiger partial charge in [0.1, 0.15) is 0 Å². The quantitative estimate of drug-likeness (QED) is 0.454. The zero-order chi connectivity index (χ0) is 27.0. The standard InChI is InChI=1S/C30H34N4O3S/c1-6-37-29(36)26-20(3)31-30-34(27(26)22-10-12-23(13-11-22)32(4)5)28(35)25(38-30)18-21-9-14-24(19(2)17-21)33-15-7-8-16-33/h9-14,17-18,27H,6-8,15-16H2,1-5H3/b25-18+/t27-/m0/s1. The topological polar surface area (TPSA) is 67.1 Å². The lowest BCUT2D eigenvalue weighted by molar-refractivity contribution is -0.139. The molecule has 2 aliphatic rings. The minimum Gasteiger partial charge on any atom is -0.463 e. The van der Waals surface area contributed by atoms with E-state index in [1.807, 2.05) is 56.3 Å². The highest BCUT2D eigenvalue weighted by Crippen LogP contribution is 2.32. The molecular formula is C30H34N4O3S. The number of aromatic nitrogens is 1. The minimum atomic E-state index is -0.608. The van der Waals surface area contributed by atoms with Gasteiger partial charge in [-0.05, 0) is 80.6 Å². The Morgan fingerprint density at radius 3 is 2.47 bits per heavy atom. The molecule has 0 saturated carbocycles. The summed E-state index contributed by atoms with van der Waals surface area (Å²) >= 11 is 1.35. The van der Waals surface area contributed by atoms with Crippen LogP contribution in [-0.2, 0) is 9.53 Å². The number of carbonyl (C=O) groups is 1. The van der Waals surface area contributed by atoms with Crippen LogP contribution in [0.15, 0.2) is 63.5 Å². The second kappa shape index (κ2) is 10.6. The number of nitrogens with zero attached hydrogens (tertiary/aromatic N) is 4. The summed E-state index contributed by atoms with van der Waals surface area (Å²) in [5, 5.41) is 0. The van der Waals surface area contributed by atoms with Crippen molar-refractivity contribution in [3.63, 3.8) is 0 Å². The zero-order valence-electron chi connectivity index (χ0n) is 22.7. The Kier molecular flexibility index (Phi) is 7.25. The number of hydrogen-bond acceptors (Lipinski definition) is 7. The van der Waals surface area contributed by atoms with Gasteiger partial charge in [0, 0.05) is 38.6 Å². The maximum Gasteiger partial charge on any atom is 0.338 e. The number of anilines is 2. The first-order valence-electron chi connectivity index (χ1n) is 13.1. The van der Waals surface area contributed by atoms with E-state index in [4.69, 9.17) is 4.74 Å². The molecule has 1 fully saturated rings. The fraction of sp³-hybridized carbons (Fsp3) is 0.367. The SMILES string of the molecule is CCOC(=O)C1=C(C)N=c2s/c(=C/c3ccc(N4CCCC4)c(C)c3)c(=O)n2[C@H]1c1ccc(N(C)C)cc1. The molecule has 2 aromatic carbocycles. The molecule has 1 aromatic heterocycles. The van der Waals surface area contributed by atoms with Crippen LogP contribution in [0.1, 0.15) is 49.4 Å². The molecule has 0 aliphatic carbocycles. The number of esters is 1. The fourth-order valence-corrected chi connectivity index (χ4v) is 6.34. The van der Waals surface area contributed by atoms with Crippen LogP contribution in [0.3, 0.4) is 0 Å². The number of hydrogen-bond donors (Lipinski definition) is 0. The number of benzene rings is 2. The van der Waals surface area contributed by atoms with Crippen molar-refractivity contribution in [1.29, 1.82) is 0 Å². The minimum absolute atomic E-state index is 0.161. The summed E-state index contributed by atoms with van der Waals surface area (Å²) in [5.41, 5.74) is 6.12. The number of aryl methyl sites for hydroxylation is 1. The van der Waals surface area contributed by atoms with Gasteiger partial charge in [-0.15, -0.1) is 0 Å². The van der Waals surface area contributed by atoms with Gasteiger partial charge in [0.15, 0.2) is 4.80 Å². The van der Waals surface area contributed by atoms with Gasteiger partial charge in [-0.3, -0.25) is 9.36 Å². The molecule has 7 nitrogen and oxygen atoms in total. The molecule has 0 spiro atoms. The summed E-state index contributed by atoms with van der Waals surface area (Å²) in [7, 11) is 3.96. The maximum absolute atomic E-state index is 13.9. The van der Waals surface area contributed by atoms with E-state index in [2.05, 4.69) is 35.0 Å². The number of carbonyl (C=O) groups excluding carboxylic acids is 1. The molecule has 0 unspecified atom stereocenters. The number of thiazole rings is 1. The summed E-state index contributed by atoms with van der Waals surface area (Å²) in [4.78, 5) is 36.7. The third kappa shape index (κ3) is 4.80. The van der Waals surface area contributed by atoms with Crippen LogP contribution in [-0.4, -0.2) is 44.3 Å². The summed E-state index contributed by atoms with van der Waals surface area (Å²) in [6.07, 6.45) is 4.39. The third-order valence-corrected chi connectivity index (χ3v) is 8.19. The van der Waals surface area contributed by atoms with Crippen molar-refractivity contribution in [3.8, 4) is 0 Å². The normalized spacial score (nSPS) is 17.4. The summed E-state index contributed by atoms with van der Waals surface area (Å²) < 4.78 is 7.63. The van der Waals surface area contributed by atoms with Crippen LogP contribution in [0.2, 0.25) is 0 Å². The van der Waals surface area contributed by atoms with Gasteiger partial charge in [0.2, 0.25) is 0 Å². The molecule has 1 atom stereocenters. The molecule has 0 amide bonds. The number of fused-ring (bicyclic) bond motifs is 1. The van der Waals surface area contributed by atoms with E-state index in [-0.39, 0.29) is 12.2 Å². The number of rotatable bonds is 6. The van der Waals surface area contributed by atoms with Crippen LogP contribution in [0.25, 0.3) is 6.08 Å². The molecule has 0 radical (unpaired) electrons. The van der Waals surface area contributed by atoms with E-state index in [0.29, 0.717) is 20.6 Å². The van der Waals surface area contributed by atoms with Gasteiger partial charge in [0.25, 0.3) is 5.56 Å². The van der Waals surface area contributed by atoms with Crippen molar-refractivity contribution in [3.05, 3.63) is 90.1 Å². The lowest BCUT2D eigenvalue weighted by Crippen LogP contribution is -2.39. The molecule has 38 heavy (non-hydrogen) atoms. The zero-order valence-corrected chi connectivity index (χ0v) is 23.5. The first-order chi connectivity index (χ1) is 18.3. The average Bonchev–Trinajstić information content (AvgIpc) is 3.52. The van der Waals surface area contributed by atoms with Gasteiger partial charge in [-0.2, -0.15) is 0 Å². The van der Waals surface area contributed by atoms with E-state index in [1.165, 1.54) is 35.4 Å². The van der Waals surface area contributed by atoms with E-state index in [1.54, 1.807) is 11.5 Å². The van der Waals surface area contributed by atoms with Crippen LogP contribution in [0.5, 0.6) is 0 Å². The van der Waals surface area contributed by atoms with Crippen LogP contribution >= 0.6 is 11.3 Å². The highest BCUT2D eigenvalue weighted by atomic mass is 32.1. The van der Waals surface area contributed by atoms with Crippen molar-refractivity contribution >= 4 is 34.8 Å². The van der Waals surface area contributed by atoms with E-state index in [0.717, 1.165) is 29.9 Å². The number of ether oxygens (including phenoxy) is 1. The van der Waals surface area contributed by atoms with Crippen molar-refractivity contribution in [1.82, 2.24) is 4.57 Å². The molecule has 0 N–H and O–H groups in total. The lowest BCUT2D eigenvalue weighted by Gasteiger charge is -2.25. The second-order valence-corrected chi connectivity index (χ2v) is 11.0. The highest BCUT2D eigenvalue weighted by molar-refractivity contribution is 7.07. The Labute approximate surface area is 227 Å². The van der Waals surface area contributed by atoms with E-state index < -0.39 is 12.0 Å². The largest absolute Gasteiger partial charge is 0.463 e. The van der Waals surface area contributed by atoms with Gasteiger partial charge < -0.3 is 14.5 Å². The Hall–Kier alpha value is -3.65. The molecule has 8 heteroatoms. The predicted molar refractivity (Wildman–Crippen MR) is 154 cm³/mol. The molecule has 5 rings (SSSR count). The van der Waals surface area contributed by atoms with Crippen molar-refractivity contribution in [2.75, 3.05) is 43.6 Å². The smallest absolute Gasteiger partial charge is 0.338 e. The lowest BCUT2D eigenvalue weighted by atomic mass is 9.95. The van der Waals surface area contributed by atoms with Crippen molar-refractivity contribution in [2.24, 2.45) is 4.99 Å². The molecule has 2 aliphatic heterocycles. The second-order valence-electron chi connectivity index (χ2n) is 10.0. The fourth-order valence-electron chi connectivity index (χ4n) is 5.29. The molecule has 198 valence electrons. The molecule has 3 aromatic rings. The predicted octanol–water partition coefficient (Wildman–Crippen LogP) is 3.77. The van der Waals surface area contributed by atoms with Gasteiger partial charge in [-0.25, -0.2) is 9.79 Å². The van der Waals surface area contributed by atoms with Crippen LogP contribution in [0.4, 0.5) is 11.4 Å². The van der Waals surface area contributed by atoms with Crippen molar-refractivity contribution < 1.29 is 9.53 Å². The Balaban J connectivity index is 1.62. The molecule has 1 saturated heterocycles. The molecule has 0 bridgehead atoms. The first-order valence-corrected chi connectivity index (χ1v) is 13.9. The van der Waals surface area contributed by atoms with Crippen molar-refractivity contribution in [2.45, 2.75) is 39.7 Å². The summed E-state index contributed by atoms with van der Waals surface area (Å²) in [5.74, 6) is -0.446. The van der Waals surface area contributed by atoms with E-state index >= 15 is 0 Å². The summed E-state index contributed by atoms with van der Waals surface area (Å²) in [6.45, 7) is 8.15. The maximum atomic E-state index is 13.9. The molecular weight excluding hydrogens is 496 g/mol. The monoisotopic (exact) mass is 530 g/mol. The number of allylic oxidation sites excluding steroid dienone is 1.